The second kappa shape index (κ2) is 15.2. The van der Waals surface area contributed by atoms with Crippen molar-refractivity contribution in [2.24, 2.45) is 23.7 Å². The monoisotopic (exact) mass is 758 g/mol. The Bertz CT molecular complexity index is 1800. The number of hydrogen-bond donors (Lipinski definition) is 2. The van der Waals surface area contributed by atoms with Gasteiger partial charge in [0.25, 0.3) is 0 Å². The summed E-state index contributed by atoms with van der Waals surface area (Å²) < 4.78 is 2.22. The minimum atomic E-state index is -0.534. The van der Waals surface area contributed by atoms with Crippen molar-refractivity contribution in [3.63, 3.8) is 0 Å². The predicted octanol–water partition coefficient (Wildman–Crippen LogP) is 6.46. The van der Waals surface area contributed by atoms with Crippen LogP contribution in [0.25, 0.3) is 10.9 Å². The zero-order chi connectivity index (χ0) is 33.8. The van der Waals surface area contributed by atoms with Gasteiger partial charge in [0.15, 0.2) is 5.78 Å². The molecule has 1 aromatic heterocycles. The van der Waals surface area contributed by atoms with Crippen LogP contribution in [0.2, 0.25) is 0 Å². The summed E-state index contributed by atoms with van der Waals surface area (Å²) in [5.41, 5.74) is 4.95. The van der Waals surface area contributed by atoms with Gasteiger partial charge in [0.05, 0.1) is 18.3 Å². The van der Waals surface area contributed by atoms with Crippen molar-refractivity contribution in [2.45, 2.75) is 49.6 Å². The Morgan fingerprint density at radius 3 is 2.56 bits per heavy atom. The molecule has 9 heteroatoms. The summed E-state index contributed by atoms with van der Waals surface area (Å²) in [6.45, 7) is 3.37. The normalized spacial score (nSPS) is 23.8. The highest BCUT2D eigenvalue weighted by atomic mass is 127. The molecule has 2 N–H and O–H groups in total. The molecular weight excluding hydrogens is 715 g/mol. The van der Waals surface area contributed by atoms with Crippen LogP contribution in [0, 0.1) is 23.7 Å². The van der Waals surface area contributed by atoms with Crippen molar-refractivity contribution in [1.82, 2.24) is 20.0 Å². The highest BCUT2D eigenvalue weighted by molar-refractivity contribution is 14.1. The van der Waals surface area contributed by atoms with E-state index in [2.05, 4.69) is 58.1 Å². The van der Waals surface area contributed by atoms with Gasteiger partial charge in [-0.1, -0.05) is 82.8 Å². The number of alkyl halides is 1. The summed E-state index contributed by atoms with van der Waals surface area (Å²) in [7, 11) is 1.91. The van der Waals surface area contributed by atoms with Crippen LogP contribution in [0.5, 0.6) is 5.75 Å². The fraction of sp³-hybridized carbons (Fsp3) is 0.385. The van der Waals surface area contributed by atoms with Gasteiger partial charge >= 0.3 is 0 Å². The van der Waals surface area contributed by atoms with Gasteiger partial charge in [-0.05, 0) is 99.5 Å². The van der Waals surface area contributed by atoms with Crippen LogP contribution in [0.3, 0.4) is 0 Å². The molecule has 8 nitrogen and oxygen atoms in total. The molecule has 2 aliphatic rings. The van der Waals surface area contributed by atoms with E-state index in [0.717, 1.165) is 33.2 Å². The molecule has 1 amide bonds. The predicted molar refractivity (Wildman–Crippen MR) is 196 cm³/mol. The number of phenols is 1. The molecule has 1 aliphatic carbocycles. The van der Waals surface area contributed by atoms with Crippen LogP contribution in [0.15, 0.2) is 90.6 Å². The Hall–Kier alpha value is -3.83. The SMILES string of the molecule is CC(I)n1ncc2c(CCC3C[C@H]4/C(=C\C(=O)CN(C)CCC4C(=O)NCc4ccccc4)[C@@H](Cc4ccc(O)cc4)C3=O)cccc21. The number of hydrogen-bond acceptors (Lipinski definition) is 6. The number of Topliss-reactive ketones (excluding diaryl/α,β-unsaturated/α-hetero) is 1. The maximum atomic E-state index is 14.5. The van der Waals surface area contributed by atoms with Crippen LogP contribution in [-0.2, 0) is 33.8 Å². The highest BCUT2D eigenvalue weighted by Gasteiger charge is 2.45. The molecule has 1 saturated carbocycles. The van der Waals surface area contributed by atoms with Crippen LogP contribution in [-0.4, -0.2) is 57.4 Å². The van der Waals surface area contributed by atoms with Crippen molar-refractivity contribution in [1.29, 1.82) is 0 Å². The number of carbonyl (C=O) groups excluding carboxylic acids is 3. The number of nitrogens with one attached hydrogen (secondary N) is 1. The number of halogens is 1. The van der Waals surface area contributed by atoms with E-state index in [-0.39, 0.29) is 45.7 Å². The zero-order valence-corrected chi connectivity index (χ0v) is 29.7. The number of nitrogens with zero attached hydrogens (tertiary/aromatic N) is 3. The first-order valence-electron chi connectivity index (χ1n) is 16.8. The number of likely N-dealkylation sites (N-methyl/N-ethyl adjacent to an activating group) is 1. The van der Waals surface area contributed by atoms with E-state index in [0.29, 0.717) is 45.2 Å². The van der Waals surface area contributed by atoms with Gasteiger partial charge in [0.1, 0.15) is 15.6 Å². The first kappa shape index (κ1) is 34.0. The van der Waals surface area contributed by atoms with Gasteiger partial charge in [-0.15, -0.1) is 0 Å². The number of aromatic hydroxyl groups is 1. The molecule has 2 heterocycles. The highest BCUT2D eigenvalue weighted by Crippen LogP contribution is 2.44. The smallest absolute Gasteiger partial charge is 0.224 e. The maximum absolute atomic E-state index is 14.5. The van der Waals surface area contributed by atoms with E-state index < -0.39 is 11.8 Å². The van der Waals surface area contributed by atoms with Crippen molar-refractivity contribution >= 4 is 51.0 Å². The largest absolute Gasteiger partial charge is 0.508 e. The minimum absolute atomic E-state index is 0.0425. The number of aryl methyl sites for hydroxylation is 1. The molecule has 6 rings (SSSR count). The molecule has 5 atom stereocenters. The van der Waals surface area contributed by atoms with E-state index in [9.17, 15) is 19.5 Å². The van der Waals surface area contributed by atoms with Crippen LogP contribution in [0.4, 0.5) is 0 Å². The lowest BCUT2D eigenvalue weighted by atomic mass is 9.63. The third-order valence-corrected chi connectivity index (χ3v) is 10.6. The molecule has 1 aliphatic heterocycles. The Morgan fingerprint density at radius 2 is 1.81 bits per heavy atom. The Kier molecular flexibility index (Phi) is 10.8. The van der Waals surface area contributed by atoms with Crippen LogP contribution < -0.4 is 5.32 Å². The molecule has 3 aromatic carbocycles. The molecule has 0 saturated heterocycles. The maximum Gasteiger partial charge on any atom is 0.224 e. The number of ketones is 2. The van der Waals surface area contributed by atoms with Crippen molar-refractivity contribution in [3.8, 4) is 5.75 Å². The quantitative estimate of drug-likeness (QED) is 0.150. The lowest BCUT2D eigenvalue weighted by Gasteiger charge is -2.40. The molecule has 48 heavy (non-hydrogen) atoms. The van der Waals surface area contributed by atoms with Crippen molar-refractivity contribution < 1.29 is 19.5 Å². The fourth-order valence-electron chi connectivity index (χ4n) is 7.55. The van der Waals surface area contributed by atoms with E-state index >= 15 is 0 Å². The standard InChI is InChI=1S/C39H43IN4O4/c1-25(40)44-37-10-6-9-28(36(37)23-42-44)13-14-29-20-33-32(39(48)41-22-27-7-4-3-5-8-27)17-18-43(2)24-31(46)21-34(33)35(38(29)47)19-26-11-15-30(45)16-12-26/h3-12,15-16,21,23,25,29,32-33,35,45H,13-14,17-20,22,24H2,1-2H3,(H,41,48)/b34-21+/t25?,29?,32?,33-,35-/m1/s1. The molecule has 1 fully saturated rings. The topological polar surface area (TPSA) is 105 Å². The summed E-state index contributed by atoms with van der Waals surface area (Å²) >= 11 is 2.36. The zero-order valence-electron chi connectivity index (χ0n) is 27.5. The van der Waals surface area contributed by atoms with E-state index in [1.165, 1.54) is 0 Å². The van der Waals surface area contributed by atoms with E-state index in [1.807, 2.05) is 65.3 Å². The summed E-state index contributed by atoms with van der Waals surface area (Å²) in [4.78, 5) is 44.0. The van der Waals surface area contributed by atoms with E-state index in [1.54, 1.807) is 18.2 Å². The Balaban J connectivity index is 1.34. The number of benzene rings is 3. The van der Waals surface area contributed by atoms with Gasteiger partial charge in [-0.25, -0.2) is 0 Å². The average Bonchev–Trinajstić information content (AvgIpc) is 3.54. The van der Waals surface area contributed by atoms with E-state index in [4.69, 9.17) is 0 Å². The number of amides is 1. The molecule has 250 valence electrons. The number of phenolic OH excluding ortho intramolecular Hbond substituents is 1. The van der Waals surface area contributed by atoms with Crippen molar-refractivity contribution in [3.05, 3.63) is 107 Å². The lowest BCUT2D eigenvalue weighted by molar-refractivity contribution is -0.132. The van der Waals surface area contributed by atoms with Gasteiger partial charge in [0.2, 0.25) is 5.91 Å². The third kappa shape index (κ3) is 7.73. The van der Waals surface area contributed by atoms with Gasteiger partial charge in [0, 0.05) is 29.7 Å². The fourth-order valence-corrected chi connectivity index (χ4v) is 7.99. The summed E-state index contributed by atoms with van der Waals surface area (Å²) in [5, 5.41) is 18.9. The second-order valence-electron chi connectivity index (χ2n) is 13.4. The van der Waals surface area contributed by atoms with Gasteiger partial charge < -0.3 is 10.4 Å². The summed E-state index contributed by atoms with van der Waals surface area (Å²) in [5.74, 6) is -1.25. The minimum Gasteiger partial charge on any atom is -0.508 e. The number of allylic oxidation sites excluding steroid dienone is 1. The Labute approximate surface area is 295 Å². The summed E-state index contributed by atoms with van der Waals surface area (Å²) in [6, 6.07) is 23.1. The lowest BCUT2D eigenvalue weighted by Crippen LogP contribution is -2.44. The molecule has 0 spiro atoms. The molecule has 0 bridgehead atoms. The Morgan fingerprint density at radius 1 is 1.04 bits per heavy atom. The molecule has 3 unspecified atom stereocenters. The number of aromatic nitrogens is 2. The van der Waals surface area contributed by atoms with Gasteiger partial charge in [-0.2, -0.15) is 5.10 Å². The van der Waals surface area contributed by atoms with Crippen LogP contribution in [0.1, 0.15) is 46.9 Å². The molecular formula is C39H43IN4O4. The number of fused-ring (bicyclic) bond motifs is 2. The summed E-state index contributed by atoms with van der Waals surface area (Å²) in [6.07, 6.45) is 6.48. The average molecular weight is 759 g/mol. The van der Waals surface area contributed by atoms with Crippen LogP contribution >= 0.6 is 22.6 Å². The number of rotatable bonds is 9. The first-order chi connectivity index (χ1) is 23.2. The third-order valence-electron chi connectivity index (χ3n) is 10.0. The first-order valence-corrected chi connectivity index (χ1v) is 18.1. The molecule has 4 aromatic rings. The molecule has 0 radical (unpaired) electrons. The number of carbonyl (C=O) groups is 3. The van der Waals surface area contributed by atoms with Gasteiger partial charge in [-0.3, -0.25) is 24.0 Å². The second-order valence-corrected chi connectivity index (χ2v) is 15.2. The van der Waals surface area contributed by atoms with Crippen molar-refractivity contribution in [2.75, 3.05) is 20.1 Å².